The topological polar surface area (TPSA) is 79.4 Å². The van der Waals surface area contributed by atoms with Crippen molar-refractivity contribution in [2.45, 2.75) is 25.9 Å². The lowest BCUT2D eigenvalue weighted by molar-refractivity contribution is -0.385. The van der Waals surface area contributed by atoms with Crippen molar-refractivity contribution in [2.24, 2.45) is 0 Å². The molecule has 0 aromatic heterocycles. The Bertz CT molecular complexity index is 533. The fourth-order valence-electron chi connectivity index (χ4n) is 2.41. The van der Waals surface area contributed by atoms with Gasteiger partial charge in [-0.25, -0.2) is 0 Å². The molecule has 1 aliphatic heterocycles. The number of hydrogen-bond acceptors (Lipinski definition) is 5. The lowest BCUT2D eigenvalue weighted by atomic mass is 10.1. The number of nitro groups is 1. The van der Waals surface area contributed by atoms with Gasteiger partial charge in [-0.05, 0) is 31.9 Å². The maximum atomic E-state index is 11.0. The molecular formula is C14H17N3O3. The summed E-state index contributed by atoms with van der Waals surface area (Å²) in [7, 11) is 0. The van der Waals surface area contributed by atoms with Crippen LogP contribution in [0.1, 0.15) is 25.3 Å². The number of hydrogen-bond donors (Lipinski definition) is 0. The summed E-state index contributed by atoms with van der Waals surface area (Å²) in [6.45, 7) is 4.25. The van der Waals surface area contributed by atoms with E-state index in [0.717, 1.165) is 38.2 Å². The van der Waals surface area contributed by atoms with E-state index in [-0.39, 0.29) is 17.4 Å². The van der Waals surface area contributed by atoms with Gasteiger partial charge in [-0.1, -0.05) is 0 Å². The standard InChI is InChI=1S/C14H17N3O3/c1-2-16(10-13-4-3-7-20-13)12-6-5-11(9-15)14(8-12)17(18)19/h5-6,8,13H,2-4,7,10H2,1H3. The Kier molecular flexibility index (Phi) is 4.53. The second kappa shape index (κ2) is 6.35. The largest absolute Gasteiger partial charge is 0.376 e. The van der Waals surface area contributed by atoms with E-state index < -0.39 is 4.92 Å². The van der Waals surface area contributed by atoms with Crippen molar-refractivity contribution in [3.63, 3.8) is 0 Å². The number of rotatable bonds is 5. The zero-order valence-corrected chi connectivity index (χ0v) is 11.4. The van der Waals surface area contributed by atoms with Crippen LogP contribution < -0.4 is 4.90 Å². The first-order chi connectivity index (χ1) is 9.65. The van der Waals surface area contributed by atoms with E-state index in [2.05, 4.69) is 0 Å². The van der Waals surface area contributed by atoms with Gasteiger partial charge in [-0.2, -0.15) is 5.26 Å². The molecular weight excluding hydrogens is 258 g/mol. The van der Waals surface area contributed by atoms with Crippen molar-refractivity contribution in [3.05, 3.63) is 33.9 Å². The molecule has 1 aromatic rings. The molecule has 2 rings (SSSR count). The van der Waals surface area contributed by atoms with Crippen molar-refractivity contribution in [3.8, 4) is 6.07 Å². The molecule has 1 aliphatic rings. The maximum absolute atomic E-state index is 11.0. The molecule has 0 spiro atoms. The minimum Gasteiger partial charge on any atom is -0.376 e. The van der Waals surface area contributed by atoms with E-state index in [0.29, 0.717) is 0 Å². The SMILES string of the molecule is CCN(CC1CCCO1)c1ccc(C#N)c([N+](=O)[O-])c1. The highest BCUT2D eigenvalue weighted by Crippen LogP contribution is 2.26. The number of anilines is 1. The Morgan fingerprint density at radius 2 is 2.40 bits per heavy atom. The highest BCUT2D eigenvalue weighted by molar-refractivity contribution is 5.60. The summed E-state index contributed by atoms with van der Waals surface area (Å²) in [4.78, 5) is 12.5. The monoisotopic (exact) mass is 275 g/mol. The third-order valence-electron chi connectivity index (χ3n) is 3.49. The van der Waals surface area contributed by atoms with Crippen LogP contribution in [-0.4, -0.2) is 30.7 Å². The van der Waals surface area contributed by atoms with Gasteiger partial charge in [0.15, 0.2) is 0 Å². The van der Waals surface area contributed by atoms with E-state index in [1.165, 1.54) is 12.1 Å². The first-order valence-corrected chi connectivity index (χ1v) is 6.70. The summed E-state index contributed by atoms with van der Waals surface area (Å²) in [5, 5.41) is 19.9. The van der Waals surface area contributed by atoms with Gasteiger partial charge in [0.2, 0.25) is 0 Å². The van der Waals surface area contributed by atoms with Gasteiger partial charge in [-0.3, -0.25) is 10.1 Å². The van der Waals surface area contributed by atoms with Gasteiger partial charge in [-0.15, -0.1) is 0 Å². The zero-order valence-electron chi connectivity index (χ0n) is 11.4. The summed E-state index contributed by atoms with van der Waals surface area (Å²) >= 11 is 0. The molecule has 0 N–H and O–H groups in total. The number of ether oxygens (including phenoxy) is 1. The normalized spacial score (nSPS) is 17.7. The molecule has 106 valence electrons. The molecule has 20 heavy (non-hydrogen) atoms. The smallest absolute Gasteiger partial charge is 0.289 e. The van der Waals surface area contributed by atoms with Crippen LogP contribution in [0.4, 0.5) is 11.4 Å². The molecule has 1 saturated heterocycles. The Morgan fingerprint density at radius 3 is 2.95 bits per heavy atom. The van der Waals surface area contributed by atoms with E-state index in [9.17, 15) is 10.1 Å². The number of nitro benzene ring substituents is 1. The number of benzene rings is 1. The molecule has 1 heterocycles. The minimum absolute atomic E-state index is 0.0897. The lowest BCUT2D eigenvalue weighted by Crippen LogP contribution is -2.32. The summed E-state index contributed by atoms with van der Waals surface area (Å²) < 4.78 is 5.60. The van der Waals surface area contributed by atoms with Crippen molar-refractivity contribution in [1.29, 1.82) is 5.26 Å². The van der Waals surface area contributed by atoms with Crippen molar-refractivity contribution in [2.75, 3.05) is 24.6 Å². The van der Waals surface area contributed by atoms with Crippen molar-refractivity contribution in [1.82, 2.24) is 0 Å². The van der Waals surface area contributed by atoms with Gasteiger partial charge < -0.3 is 9.64 Å². The number of likely N-dealkylation sites (N-methyl/N-ethyl adjacent to an activating group) is 1. The lowest BCUT2D eigenvalue weighted by Gasteiger charge is -2.25. The van der Waals surface area contributed by atoms with E-state index >= 15 is 0 Å². The molecule has 0 bridgehead atoms. The van der Waals surface area contributed by atoms with E-state index in [4.69, 9.17) is 10.00 Å². The zero-order chi connectivity index (χ0) is 14.5. The van der Waals surface area contributed by atoms with E-state index in [1.807, 2.05) is 17.9 Å². The quantitative estimate of drug-likeness (QED) is 0.609. The van der Waals surface area contributed by atoms with Crippen LogP contribution in [0.3, 0.4) is 0 Å². The number of nitriles is 1. The van der Waals surface area contributed by atoms with Crippen LogP contribution in [-0.2, 0) is 4.74 Å². The number of nitrogens with zero attached hydrogens (tertiary/aromatic N) is 3. The Morgan fingerprint density at radius 1 is 1.60 bits per heavy atom. The van der Waals surface area contributed by atoms with Gasteiger partial charge in [0.1, 0.15) is 11.6 Å². The summed E-state index contributed by atoms with van der Waals surface area (Å²) in [6, 6.07) is 6.58. The third-order valence-corrected chi connectivity index (χ3v) is 3.49. The predicted octanol–water partition coefficient (Wildman–Crippen LogP) is 2.47. The fourth-order valence-corrected chi connectivity index (χ4v) is 2.41. The van der Waals surface area contributed by atoms with Crippen molar-refractivity contribution < 1.29 is 9.66 Å². The van der Waals surface area contributed by atoms with Gasteiger partial charge in [0, 0.05) is 31.5 Å². The average molecular weight is 275 g/mol. The molecule has 1 atom stereocenters. The molecule has 0 aliphatic carbocycles. The summed E-state index contributed by atoms with van der Waals surface area (Å²) in [5.74, 6) is 0. The predicted molar refractivity (Wildman–Crippen MR) is 74.7 cm³/mol. The second-order valence-corrected chi connectivity index (χ2v) is 4.74. The molecule has 0 saturated carbocycles. The van der Waals surface area contributed by atoms with Crippen LogP contribution in [0.5, 0.6) is 0 Å². The molecule has 0 amide bonds. The maximum Gasteiger partial charge on any atom is 0.289 e. The summed E-state index contributed by atoms with van der Waals surface area (Å²) in [6.07, 6.45) is 2.27. The van der Waals surface area contributed by atoms with Crippen LogP contribution >= 0.6 is 0 Å². The van der Waals surface area contributed by atoms with Gasteiger partial charge in [0.05, 0.1) is 11.0 Å². The molecule has 1 aromatic carbocycles. The third kappa shape index (κ3) is 3.06. The minimum atomic E-state index is -0.512. The van der Waals surface area contributed by atoms with Crippen LogP contribution in [0.15, 0.2) is 18.2 Å². The second-order valence-electron chi connectivity index (χ2n) is 4.74. The van der Waals surface area contributed by atoms with Gasteiger partial charge in [0.25, 0.3) is 5.69 Å². The highest BCUT2D eigenvalue weighted by atomic mass is 16.6. The first kappa shape index (κ1) is 14.3. The first-order valence-electron chi connectivity index (χ1n) is 6.70. The Labute approximate surface area is 117 Å². The van der Waals surface area contributed by atoms with Crippen LogP contribution in [0, 0.1) is 21.4 Å². The Hall–Kier alpha value is -2.13. The average Bonchev–Trinajstić information content (AvgIpc) is 2.97. The molecule has 1 unspecified atom stereocenters. The summed E-state index contributed by atoms with van der Waals surface area (Å²) in [5.41, 5.74) is 0.705. The van der Waals surface area contributed by atoms with E-state index in [1.54, 1.807) is 6.07 Å². The molecule has 0 radical (unpaired) electrons. The molecule has 6 heteroatoms. The molecule has 6 nitrogen and oxygen atoms in total. The molecule has 1 fully saturated rings. The van der Waals surface area contributed by atoms with Crippen LogP contribution in [0.2, 0.25) is 0 Å². The fraction of sp³-hybridized carbons (Fsp3) is 0.500. The van der Waals surface area contributed by atoms with Crippen molar-refractivity contribution >= 4 is 11.4 Å². The Balaban J connectivity index is 2.23. The van der Waals surface area contributed by atoms with Gasteiger partial charge >= 0.3 is 0 Å². The van der Waals surface area contributed by atoms with Crippen LogP contribution in [0.25, 0.3) is 0 Å². The highest BCUT2D eigenvalue weighted by Gasteiger charge is 2.21.